The number of likely N-dealkylation sites (tertiary alicyclic amines) is 1. The van der Waals surface area contributed by atoms with Crippen LogP contribution in [0.1, 0.15) is 80.6 Å². The highest BCUT2D eigenvalue weighted by Gasteiger charge is 2.42. The van der Waals surface area contributed by atoms with Gasteiger partial charge in [-0.2, -0.15) is 0 Å². The first-order chi connectivity index (χ1) is 23.8. The Morgan fingerprint density at radius 2 is 1.53 bits per heavy atom. The van der Waals surface area contributed by atoms with Crippen LogP contribution in [0.5, 0.6) is 0 Å². The van der Waals surface area contributed by atoms with Crippen molar-refractivity contribution in [3.8, 4) is 0 Å². The van der Waals surface area contributed by atoms with Gasteiger partial charge in [-0.3, -0.25) is 4.79 Å². The van der Waals surface area contributed by atoms with E-state index in [0.717, 1.165) is 62.8 Å². The Morgan fingerprint density at radius 1 is 0.898 bits per heavy atom. The largest absolute Gasteiger partial charge is 0.463 e. The maximum atomic E-state index is 13.4. The summed E-state index contributed by atoms with van der Waals surface area (Å²) in [7, 11) is 0. The molecule has 1 unspecified atom stereocenters. The number of aliphatic hydroxyl groups excluding tert-OH is 1. The molecule has 1 aliphatic heterocycles. The Kier molecular flexibility index (Phi) is 13.8. The zero-order valence-electron chi connectivity index (χ0n) is 28.3. The van der Waals surface area contributed by atoms with Crippen LogP contribution in [-0.2, 0) is 15.1 Å². The smallest absolute Gasteiger partial charge is 0.347 e. The molecule has 1 aliphatic rings. The first-order valence-corrected chi connectivity index (χ1v) is 18.2. The number of hydrogen-bond acceptors (Lipinski definition) is 7. The van der Waals surface area contributed by atoms with E-state index in [1.807, 2.05) is 30.3 Å². The van der Waals surface area contributed by atoms with Crippen molar-refractivity contribution >= 4 is 28.5 Å². The number of unbranched alkanes of at least 4 members (excludes halogenated alkanes) is 6. The fraction of sp³-hybridized carbons (Fsp3) is 0.450. The van der Waals surface area contributed by atoms with Crippen molar-refractivity contribution in [2.75, 3.05) is 39.3 Å². The van der Waals surface area contributed by atoms with E-state index >= 15 is 0 Å². The van der Waals surface area contributed by atoms with Gasteiger partial charge < -0.3 is 30.2 Å². The molecule has 0 aliphatic carbocycles. The summed E-state index contributed by atoms with van der Waals surface area (Å²) in [5.74, 6) is -0.375. The molecule has 0 amide bonds. The SMILES string of the molecule is O=C(OCC1CCN(CCCCCCCCCNC[C@H](O)c2cc(=O)[nH]c3ccccc23)CC1)C(O)(c1ccccc1)c1ccc(Cl)cc1. The van der Waals surface area contributed by atoms with Gasteiger partial charge in [-0.05, 0) is 92.7 Å². The lowest BCUT2D eigenvalue weighted by atomic mass is 9.86. The molecule has 0 bridgehead atoms. The molecule has 1 fully saturated rings. The molecule has 4 aromatic rings. The van der Waals surface area contributed by atoms with Crippen LogP contribution in [0.2, 0.25) is 5.02 Å². The van der Waals surface area contributed by atoms with Crippen LogP contribution in [0, 0.1) is 5.92 Å². The van der Waals surface area contributed by atoms with E-state index in [-0.39, 0.29) is 11.5 Å². The van der Waals surface area contributed by atoms with Gasteiger partial charge in [0.2, 0.25) is 11.2 Å². The number of aromatic nitrogens is 1. The van der Waals surface area contributed by atoms with Crippen LogP contribution in [0.3, 0.4) is 0 Å². The van der Waals surface area contributed by atoms with Gasteiger partial charge in [-0.25, -0.2) is 4.79 Å². The number of aliphatic hydroxyl groups is 2. The van der Waals surface area contributed by atoms with Crippen molar-refractivity contribution < 1.29 is 19.7 Å². The van der Waals surface area contributed by atoms with E-state index in [1.165, 1.54) is 38.2 Å². The average Bonchev–Trinajstić information content (AvgIpc) is 3.13. The molecule has 0 spiro atoms. The summed E-state index contributed by atoms with van der Waals surface area (Å²) in [4.78, 5) is 30.7. The van der Waals surface area contributed by atoms with E-state index in [2.05, 4.69) is 15.2 Å². The Labute approximate surface area is 294 Å². The average molecular weight is 688 g/mol. The maximum Gasteiger partial charge on any atom is 0.347 e. The standard InChI is InChI=1S/C40H50ClN3O5/c41-33-19-17-32(18-20-33)40(48,31-13-7-6-8-14-31)39(47)49-29-30-21-25-44(26-22-30)24-12-5-3-1-2-4-11-23-42-28-37(45)35-27-38(46)43-36-16-10-9-15-34(35)36/h6-10,13-20,27,30,37,42,45,48H,1-5,11-12,21-26,28-29H2,(H,43,46)/t37-,40?/m0/s1. The van der Waals surface area contributed by atoms with Gasteiger partial charge in [-0.1, -0.05) is 104 Å². The predicted octanol–water partition coefficient (Wildman–Crippen LogP) is 6.73. The number of nitrogens with zero attached hydrogens (tertiary/aromatic N) is 1. The molecular weight excluding hydrogens is 638 g/mol. The summed E-state index contributed by atoms with van der Waals surface area (Å²) < 4.78 is 5.77. The molecule has 2 atom stereocenters. The summed E-state index contributed by atoms with van der Waals surface area (Å²) in [6.45, 7) is 4.69. The zero-order valence-corrected chi connectivity index (χ0v) is 29.0. The van der Waals surface area contributed by atoms with Gasteiger partial charge in [0, 0.05) is 28.5 Å². The highest BCUT2D eigenvalue weighted by molar-refractivity contribution is 6.30. The van der Waals surface area contributed by atoms with Crippen molar-refractivity contribution in [3.05, 3.63) is 117 Å². The van der Waals surface area contributed by atoms with E-state index in [4.69, 9.17) is 16.3 Å². The zero-order chi connectivity index (χ0) is 34.5. The van der Waals surface area contributed by atoms with Gasteiger partial charge in [0.05, 0.1) is 12.7 Å². The van der Waals surface area contributed by atoms with Gasteiger partial charge in [-0.15, -0.1) is 0 Å². The molecule has 3 aromatic carbocycles. The van der Waals surface area contributed by atoms with Crippen LogP contribution in [-0.4, -0.2) is 65.4 Å². The normalized spacial score (nSPS) is 16.0. The van der Waals surface area contributed by atoms with Crippen molar-refractivity contribution in [2.24, 2.45) is 5.92 Å². The number of rotatable bonds is 18. The van der Waals surface area contributed by atoms with Gasteiger partial charge in [0.15, 0.2) is 0 Å². The fourth-order valence-corrected chi connectivity index (χ4v) is 6.90. The maximum absolute atomic E-state index is 13.4. The number of H-pyrrole nitrogens is 1. The molecule has 49 heavy (non-hydrogen) atoms. The minimum atomic E-state index is -1.89. The van der Waals surface area contributed by atoms with E-state index in [9.17, 15) is 19.8 Å². The number of ether oxygens (including phenoxy) is 1. The lowest BCUT2D eigenvalue weighted by Gasteiger charge is -2.33. The van der Waals surface area contributed by atoms with Crippen molar-refractivity contribution in [1.29, 1.82) is 0 Å². The van der Waals surface area contributed by atoms with Crippen LogP contribution in [0.15, 0.2) is 89.7 Å². The molecule has 1 aromatic heterocycles. The first-order valence-electron chi connectivity index (χ1n) is 17.8. The third kappa shape index (κ3) is 10.2. The van der Waals surface area contributed by atoms with Gasteiger partial charge in [0.25, 0.3) is 0 Å². The number of pyridine rings is 1. The van der Waals surface area contributed by atoms with Gasteiger partial charge in [0.1, 0.15) is 0 Å². The van der Waals surface area contributed by atoms with Gasteiger partial charge >= 0.3 is 5.97 Å². The summed E-state index contributed by atoms with van der Waals surface area (Å²) >= 11 is 6.06. The van der Waals surface area contributed by atoms with E-state index in [1.54, 1.807) is 48.5 Å². The molecular formula is C40H50ClN3O5. The first kappa shape index (κ1) is 36.7. The van der Waals surface area contributed by atoms with E-state index in [0.29, 0.717) is 34.9 Å². The van der Waals surface area contributed by atoms with Crippen LogP contribution >= 0.6 is 11.6 Å². The molecule has 0 radical (unpaired) electrons. The van der Waals surface area contributed by atoms with Crippen LogP contribution < -0.4 is 10.9 Å². The molecule has 2 heterocycles. The van der Waals surface area contributed by atoms with Crippen LogP contribution in [0.25, 0.3) is 10.9 Å². The second-order valence-electron chi connectivity index (χ2n) is 13.3. The summed E-state index contributed by atoms with van der Waals surface area (Å²) in [5, 5.41) is 27.1. The van der Waals surface area contributed by atoms with Crippen molar-refractivity contribution in [3.63, 3.8) is 0 Å². The summed E-state index contributed by atoms with van der Waals surface area (Å²) in [5.41, 5.74) is 0.230. The lowest BCUT2D eigenvalue weighted by Crippen LogP contribution is -2.40. The minimum Gasteiger partial charge on any atom is -0.463 e. The number of carbonyl (C=O) groups excluding carboxylic acids is 1. The molecule has 8 nitrogen and oxygen atoms in total. The van der Waals surface area contributed by atoms with Crippen LogP contribution in [0.4, 0.5) is 0 Å². The second kappa shape index (κ2) is 18.5. The fourth-order valence-electron chi connectivity index (χ4n) is 6.77. The Hall–Kier alpha value is -3.53. The molecule has 1 saturated heterocycles. The van der Waals surface area contributed by atoms with Crippen molar-refractivity contribution in [2.45, 2.75) is 69.5 Å². The monoisotopic (exact) mass is 687 g/mol. The number of benzene rings is 3. The summed E-state index contributed by atoms with van der Waals surface area (Å²) in [6, 6.07) is 24.7. The third-order valence-electron chi connectivity index (χ3n) is 9.71. The topological polar surface area (TPSA) is 115 Å². The molecule has 4 N–H and O–H groups in total. The summed E-state index contributed by atoms with van der Waals surface area (Å²) in [6.07, 6.45) is 9.58. The number of para-hydroxylation sites is 1. The highest BCUT2D eigenvalue weighted by Crippen LogP contribution is 2.32. The lowest BCUT2D eigenvalue weighted by molar-refractivity contribution is -0.164. The quantitative estimate of drug-likeness (QED) is 0.0678. The number of fused-ring (bicyclic) bond motifs is 1. The Balaban J connectivity index is 0.904. The van der Waals surface area contributed by atoms with E-state index < -0.39 is 17.7 Å². The molecule has 262 valence electrons. The number of piperidine rings is 1. The molecule has 5 rings (SSSR count). The minimum absolute atomic E-state index is 0.196. The Bertz CT molecular complexity index is 1660. The Morgan fingerprint density at radius 3 is 2.27 bits per heavy atom. The second-order valence-corrected chi connectivity index (χ2v) is 13.7. The number of aromatic amines is 1. The highest BCUT2D eigenvalue weighted by atomic mass is 35.5. The predicted molar refractivity (Wildman–Crippen MR) is 196 cm³/mol. The molecule has 9 heteroatoms. The number of hydrogen-bond donors (Lipinski definition) is 4. The van der Waals surface area contributed by atoms with Crippen molar-refractivity contribution in [1.82, 2.24) is 15.2 Å². The number of esters is 1. The number of halogens is 1. The number of carbonyl (C=O) groups is 1. The number of nitrogens with one attached hydrogen (secondary N) is 2. The molecule has 0 saturated carbocycles. The third-order valence-corrected chi connectivity index (χ3v) is 9.97.